The van der Waals surface area contributed by atoms with Crippen molar-refractivity contribution in [3.63, 3.8) is 0 Å². The Morgan fingerprint density at radius 3 is 2.52 bits per heavy atom. The van der Waals surface area contributed by atoms with Crippen LogP contribution in [0.3, 0.4) is 0 Å². The topological polar surface area (TPSA) is 59.2 Å². The number of carbonyl (C=O) groups excluding carboxylic acids is 1. The maximum absolute atomic E-state index is 12.7. The number of hydrogen-bond acceptors (Lipinski definition) is 5. The number of benzene rings is 1. The molecule has 0 spiro atoms. The molecule has 3 unspecified atom stereocenters. The quantitative estimate of drug-likeness (QED) is 0.678. The van der Waals surface area contributed by atoms with Crippen LogP contribution in [0.4, 0.5) is 0 Å². The molecule has 1 amide bonds. The van der Waals surface area contributed by atoms with Gasteiger partial charge in [0.1, 0.15) is 0 Å². The number of carbonyl (C=O) groups is 1. The Morgan fingerprint density at radius 1 is 1.24 bits per heavy atom. The van der Waals surface area contributed by atoms with Gasteiger partial charge in [0.25, 0.3) is 5.22 Å². The smallest absolute Gasteiger partial charge is 0.277 e. The van der Waals surface area contributed by atoms with Crippen molar-refractivity contribution < 1.29 is 9.21 Å². The lowest BCUT2D eigenvalue weighted by Crippen LogP contribution is -2.45. The number of aromatic nitrogens is 2. The lowest BCUT2D eigenvalue weighted by Gasteiger charge is -2.36. The zero-order valence-electron chi connectivity index (χ0n) is 14.6. The highest BCUT2D eigenvalue weighted by Gasteiger charge is 2.29. The minimum Gasteiger partial charge on any atom is -0.411 e. The fourth-order valence-electron chi connectivity index (χ4n) is 3.27. The normalized spacial score (nSPS) is 22.0. The highest BCUT2D eigenvalue weighted by Crippen LogP contribution is 2.29. The van der Waals surface area contributed by atoms with E-state index >= 15 is 0 Å². The fraction of sp³-hybridized carbons (Fsp3) is 0.500. The molecule has 134 valence electrons. The zero-order valence-corrected chi connectivity index (χ0v) is 17.0. The largest absolute Gasteiger partial charge is 0.411 e. The summed E-state index contributed by atoms with van der Waals surface area (Å²) in [6.45, 7) is 7.98. The predicted octanol–water partition coefficient (Wildman–Crippen LogP) is 4.48. The number of halogens is 1. The van der Waals surface area contributed by atoms with E-state index in [2.05, 4.69) is 40.0 Å². The van der Waals surface area contributed by atoms with Gasteiger partial charge in [0.15, 0.2) is 0 Å². The van der Waals surface area contributed by atoms with Crippen LogP contribution >= 0.6 is 27.7 Å². The van der Waals surface area contributed by atoms with Crippen molar-refractivity contribution in [3.8, 4) is 11.5 Å². The summed E-state index contributed by atoms with van der Waals surface area (Å²) in [6, 6.07) is 7.68. The standard InChI is InChI=1S/C18H22BrN3O2S/c1-11-8-12(2)10-22(9-11)17(23)13(3)25-18-21-20-16(24-18)14-4-6-15(19)7-5-14/h4-7,11-13H,8-10H2,1-3H3. The van der Waals surface area contributed by atoms with Crippen LogP contribution in [-0.2, 0) is 4.79 Å². The van der Waals surface area contributed by atoms with E-state index in [1.807, 2.05) is 36.1 Å². The maximum atomic E-state index is 12.7. The predicted molar refractivity (Wildman–Crippen MR) is 102 cm³/mol. The van der Waals surface area contributed by atoms with Crippen LogP contribution in [0, 0.1) is 11.8 Å². The van der Waals surface area contributed by atoms with Crippen LogP contribution < -0.4 is 0 Å². The first-order chi connectivity index (χ1) is 11.9. The van der Waals surface area contributed by atoms with Crippen molar-refractivity contribution in [2.45, 2.75) is 37.7 Å². The SMILES string of the molecule is CC1CC(C)CN(C(=O)C(C)Sc2nnc(-c3ccc(Br)cc3)o2)C1. The van der Waals surface area contributed by atoms with E-state index in [1.165, 1.54) is 18.2 Å². The van der Waals surface area contributed by atoms with Crippen LogP contribution in [0.2, 0.25) is 0 Å². The molecule has 0 aliphatic carbocycles. The van der Waals surface area contributed by atoms with Gasteiger partial charge in [0, 0.05) is 23.1 Å². The summed E-state index contributed by atoms with van der Waals surface area (Å²) in [6.07, 6.45) is 1.19. The molecule has 25 heavy (non-hydrogen) atoms. The van der Waals surface area contributed by atoms with Gasteiger partial charge in [-0.2, -0.15) is 0 Å². The van der Waals surface area contributed by atoms with E-state index in [0.29, 0.717) is 22.9 Å². The molecule has 0 N–H and O–H groups in total. The molecule has 5 nitrogen and oxygen atoms in total. The number of hydrogen-bond donors (Lipinski definition) is 0. The molecule has 2 heterocycles. The summed E-state index contributed by atoms with van der Waals surface area (Å²) in [4.78, 5) is 14.7. The maximum Gasteiger partial charge on any atom is 0.277 e. The van der Waals surface area contributed by atoms with Gasteiger partial charge in [0.2, 0.25) is 11.8 Å². The second-order valence-electron chi connectivity index (χ2n) is 6.83. The summed E-state index contributed by atoms with van der Waals surface area (Å²) in [5.41, 5.74) is 0.861. The van der Waals surface area contributed by atoms with Gasteiger partial charge in [-0.15, -0.1) is 10.2 Å². The Bertz CT molecular complexity index is 724. The van der Waals surface area contributed by atoms with Gasteiger partial charge < -0.3 is 9.32 Å². The van der Waals surface area contributed by atoms with Gasteiger partial charge in [-0.1, -0.05) is 41.5 Å². The highest BCUT2D eigenvalue weighted by atomic mass is 79.9. The molecular formula is C18H22BrN3O2S. The monoisotopic (exact) mass is 423 g/mol. The fourth-order valence-corrected chi connectivity index (χ4v) is 4.30. The molecule has 2 aromatic rings. The molecule has 3 atom stereocenters. The van der Waals surface area contributed by atoms with E-state index in [4.69, 9.17) is 4.42 Å². The van der Waals surface area contributed by atoms with Crippen molar-refractivity contribution in [1.82, 2.24) is 15.1 Å². The van der Waals surface area contributed by atoms with E-state index in [0.717, 1.165) is 23.1 Å². The Labute approximate surface area is 160 Å². The summed E-state index contributed by atoms with van der Waals surface area (Å²) in [5, 5.41) is 8.35. The summed E-state index contributed by atoms with van der Waals surface area (Å²) in [5.74, 6) is 1.72. The molecule has 1 aliphatic rings. The Balaban J connectivity index is 1.64. The summed E-state index contributed by atoms with van der Waals surface area (Å²) < 4.78 is 6.71. The molecule has 0 bridgehead atoms. The highest BCUT2D eigenvalue weighted by molar-refractivity contribution is 9.10. The van der Waals surface area contributed by atoms with Gasteiger partial charge in [-0.05, 0) is 49.4 Å². The van der Waals surface area contributed by atoms with Crippen LogP contribution in [0.5, 0.6) is 0 Å². The minimum absolute atomic E-state index is 0.145. The molecule has 0 saturated carbocycles. The van der Waals surface area contributed by atoms with Crippen molar-refractivity contribution in [2.75, 3.05) is 13.1 Å². The van der Waals surface area contributed by atoms with Crippen molar-refractivity contribution >= 4 is 33.6 Å². The molecule has 1 fully saturated rings. The molecule has 3 rings (SSSR count). The van der Waals surface area contributed by atoms with Gasteiger partial charge in [0.05, 0.1) is 5.25 Å². The summed E-state index contributed by atoms with van der Waals surface area (Å²) >= 11 is 4.73. The lowest BCUT2D eigenvalue weighted by atomic mass is 9.92. The average Bonchev–Trinajstić information content (AvgIpc) is 3.02. The van der Waals surface area contributed by atoms with E-state index < -0.39 is 0 Å². The van der Waals surface area contributed by atoms with Gasteiger partial charge in [-0.3, -0.25) is 4.79 Å². The Hall–Kier alpha value is -1.34. The average molecular weight is 424 g/mol. The number of thioether (sulfide) groups is 1. The third-order valence-corrected chi connectivity index (χ3v) is 5.75. The van der Waals surface area contributed by atoms with Gasteiger partial charge >= 0.3 is 0 Å². The Kier molecular flexibility index (Phi) is 5.84. The molecular weight excluding hydrogens is 402 g/mol. The van der Waals surface area contributed by atoms with E-state index in [9.17, 15) is 4.79 Å². The molecule has 1 aromatic carbocycles. The first-order valence-electron chi connectivity index (χ1n) is 8.47. The number of piperidine rings is 1. The van der Waals surface area contributed by atoms with Crippen molar-refractivity contribution in [2.24, 2.45) is 11.8 Å². The summed E-state index contributed by atoms with van der Waals surface area (Å²) in [7, 11) is 0. The van der Waals surface area contributed by atoms with Crippen LogP contribution in [0.25, 0.3) is 11.5 Å². The second kappa shape index (κ2) is 7.91. The molecule has 1 saturated heterocycles. The van der Waals surface area contributed by atoms with E-state index in [-0.39, 0.29) is 11.2 Å². The molecule has 1 aromatic heterocycles. The van der Waals surface area contributed by atoms with Gasteiger partial charge in [-0.25, -0.2) is 0 Å². The zero-order chi connectivity index (χ0) is 18.0. The van der Waals surface area contributed by atoms with Crippen LogP contribution in [-0.4, -0.2) is 39.3 Å². The molecule has 7 heteroatoms. The molecule has 1 aliphatic heterocycles. The van der Waals surface area contributed by atoms with Crippen molar-refractivity contribution in [1.29, 1.82) is 0 Å². The molecule has 0 radical (unpaired) electrons. The first kappa shape index (κ1) is 18.5. The van der Waals surface area contributed by atoms with Crippen LogP contribution in [0.1, 0.15) is 27.2 Å². The number of likely N-dealkylation sites (tertiary alicyclic amines) is 1. The van der Waals surface area contributed by atoms with Crippen molar-refractivity contribution in [3.05, 3.63) is 28.7 Å². The Morgan fingerprint density at radius 2 is 1.88 bits per heavy atom. The number of nitrogens with zero attached hydrogens (tertiary/aromatic N) is 3. The second-order valence-corrected chi connectivity index (χ2v) is 9.04. The number of rotatable bonds is 4. The first-order valence-corrected chi connectivity index (χ1v) is 10.1. The third-order valence-electron chi connectivity index (χ3n) is 4.30. The third kappa shape index (κ3) is 4.64. The van der Waals surface area contributed by atoms with E-state index in [1.54, 1.807) is 0 Å². The number of amides is 1. The lowest BCUT2D eigenvalue weighted by molar-refractivity contribution is -0.132. The minimum atomic E-state index is -0.240. The van der Waals surface area contributed by atoms with Crippen LogP contribution in [0.15, 0.2) is 38.4 Å².